The Labute approximate surface area is 163 Å². The Morgan fingerprint density at radius 2 is 2.07 bits per heavy atom. The number of carbonyl (C=O) groups is 1. The summed E-state index contributed by atoms with van der Waals surface area (Å²) < 4.78 is 15.1. The lowest BCUT2D eigenvalue weighted by Crippen LogP contribution is -2.40. The van der Waals surface area contributed by atoms with Crippen molar-refractivity contribution in [3.05, 3.63) is 53.6 Å². The maximum Gasteiger partial charge on any atom is 0.163 e. The molecule has 1 fully saturated rings. The summed E-state index contributed by atoms with van der Waals surface area (Å²) in [6.07, 6.45) is 8.30. The van der Waals surface area contributed by atoms with Crippen LogP contribution in [-0.2, 0) is 16.6 Å². The summed E-state index contributed by atoms with van der Waals surface area (Å²) in [5.74, 6) is 0.576. The van der Waals surface area contributed by atoms with Gasteiger partial charge in [-0.15, -0.1) is 0 Å². The zero-order valence-corrected chi connectivity index (χ0v) is 16.1. The standard InChI is InChI=1S/C23H24FN3O/c1-2-23-11-10-19(28)13-16(23)4-3-5-21-20(23)12-15-14-25-27(22(15)26-21)18-8-6-17(24)7-9-18/h6-9,12,14,16H,2-5,10-11,13H2,1H3/t16-,23-/m1/s1. The number of pyridine rings is 1. The van der Waals surface area contributed by atoms with Crippen molar-refractivity contribution in [2.75, 3.05) is 0 Å². The molecule has 0 N–H and O–H groups in total. The lowest BCUT2D eigenvalue weighted by molar-refractivity contribution is -0.123. The van der Waals surface area contributed by atoms with Gasteiger partial charge in [0.2, 0.25) is 0 Å². The van der Waals surface area contributed by atoms with Crippen molar-refractivity contribution in [2.45, 2.75) is 57.3 Å². The minimum absolute atomic E-state index is 0.0545. The second kappa shape index (κ2) is 6.50. The molecule has 0 unspecified atom stereocenters. The molecule has 1 saturated carbocycles. The lowest BCUT2D eigenvalue weighted by Gasteiger charge is -2.43. The Balaban J connectivity index is 1.67. The van der Waals surface area contributed by atoms with E-state index in [1.807, 2.05) is 6.20 Å². The van der Waals surface area contributed by atoms with E-state index >= 15 is 0 Å². The van der Waals surface area contributed by atoms with Gasteiger partial charge in [0, 0.05) is 29.3 Å². The van der Waals surface area contributed by atoms with Crippen LogP contribution >= 0.6 is 0 Å². The number of carbonyl (C=O) groups excluding carboxylic acids is 1. The smallest absolute Gasteiger partial charge is 0.163 e. The van der Waals surface area contributed by atoms with Gasteiger partial charge in [-0.1, -0.05) is 6.92 Å². The second-order valence-electron chi connectivity index (χ2n) is 8.27. The summed E-state index contributed by atoms with van der Waals surface area (Å²) in [6.45, 7) is 2.25. The average Bonchev–Trinajstić information content (AvgIpc) is 3.04. The number of aryl methyl sites for hydroxylation is 1. The number of aromatic nitrogens is 3. The number of ketones is 1. The van der Waals surface area contributed by atoms with Gasteiger partial charge in [-0.25, -0.2) is 14.1 Å². The van der Waals surface area contributed by atoms with E-state index < -0.39 is 0 Å². The minimum Gasteiger partial charge on any atom is -0.300 e. The van der Waals surface area contributed by atoms with Crippen LogP contribution in [0.5, 0.6) is 0 Å². The first kappa shape index (κ1) is 17.5. The molecule has 4 nitrogen and oxygen atoms in total. The molecule has 5 rings (SSSR count). The van der Waals surface area contributed by atoms with Gasteiger partial charge in [-0.05, 0) is 73.9 Å². The van der Waals surface area contributed by atoms with Crippen molar-refractivity contribution < 1.29 is 9.18 Å². The first-order chi connectivity index (χ1) is 13.6. The van der Waals surface area contributed by atoms with Gasteiger partial charge in [-0.2, -0.15) is 5.10 Å². The summed E-state index contributed by atoms with van der Waals surface area (Å²) in [5.41, 5.74) is 4.16. The van der Waals surface area contributed by atoms with Crippen molar-refractivity contribution in [3.8, 4) is 5.69 Å². The van der Waals surface area contributed by atoms with Crippen molar-refractivity contribution in [1.29, 1.82) is 0 Å². The molecule has 0 bridgehead atoms. The number of rotatable bonds is 2. The largest absolute Gasteiger partial charge is 0.300 e. The molecule has 0 aliphatic heterocycles. The normalized spacial score (nSPS) is 24.6. The maximum absolute atomic E-state index is 13.3. The molecule has 0 amide bonds. The minimum atomic E-state index is -0.259. The summed E-state index contributed by atoms with van der Waals surface area (Å²) >= 11 is 0. The molecule has 0 spiro atoms. The number of benzene rings is 1. The molecular weight excluding hydrogens is 353 g/mol. The number of fused-ring (bicyclic) bond motifs is 4. The molecule has 2 aliphatic rings. The highest BCUT2D eigenvalue weighted by Gasteiger charge is 2.45. The average molecular weight is 377 g/mol. The molecule has 144 valence electrons. The van der Waals surface area contributed by atoms with Crippen LogP contribution in [0.3, 0.4) is 0 Å². The third kappa shape index (κ3) is 2.60. The fraction of sp³-hybridized carbons (Fsp3) is 0.435. The summed E-state index contributed by atoms with van der Waals surface area (Å²) in [7, 11) is 0. The first-order valence-electron chi connectivity index (χ1n) is 10.3. The van der Waals surface area contributed by atoms with Crippen LogP contribution in [0.1, 0.15) is 56.7 Å². The van der Waals surface area contributed by atoms with Crippen molar-refractivity contribution >= 4 is 16.8 Å². The number of halogens is 1. The highest BCUT2D eigenvalue weighted by Crippen LogP contribution is 2.50. The van der Waals surface area contributed by atoms with Crippen LogP contribution < -0.4 is 0 Å². The highest BCUT2D eigenvalue weighted by molar-refractivity contribution is 5.81. The topological polar surface area (TPSA) is 47.8 Å². The van der Waals surface area contributed by atoms with E-state index in [0.717, 1.165) is 54.5 Å². The molecule has 3 aromatic rings. The number of Topliss-reactive ketones (excluding diaryl/α,β-unsaturated/α-hetero) is 1. The Bertz CT molecular complexity index is 1060. The van der Waals surface area contributed by atoms with Gasteiger partial charge in [0.15, 0.2) is 5.65 Å². The Kier molecular flexibility index (Phi) is 4.07. The zero-order chi connectivity index (χ0) is 19.3. The first-order valence-corrected chi connectivity index (χ1v) is 10.3. The Hall–Kier alpha value is -2.56. The van der Waals surface area contributed by atoms with E-state index in [-0.39, 0.29) is 11.2 Å². The lowest BCUT2D eigenvalue weighted by atomic mass is 9.60. The van der Waals surface area contributed by atoms with Gasteiger partial charge >= 0.3 is 0 Å². The second-order valence-corrected chi connectivity index (χ2v) is 8.27. The van der Waals surface area contributed by atoms with Gasteiger partial charge < -0.3 is 0 Å². The molecule has 0 saturated heterocycles. The Morgan fingerprint density at radius 1 is 1.25 bits per heavy atom. The molecule has 2 heterocycles. The van der Waals surface area contributed by atoms with Crippen LogP contribution in [0.25, 0.3) is 16.7 Å². The molecule has 0 radical (unpaired) electrons. The van der Waals surface area contributed by atoms with Gasteiger partial charge in [0.1, 0.15) is 11.6 Å². The predicted molar refractivity (Wildman–Crippen MR) is 106 cm³/mol. The molecule has 5 heteroatoms. The quantitative estimate of drug-likeness (QED) is 0.637. The summed E-state index contributed by atoms with van der Waals surface area (Å²) in [4.78, 5) is 17.2. The van der Waals surface area contributed by atoms with Gasteiger partial charge in [-0.3, -0.25) is 4.79 Å². The highest BCUT2D eigenvalue weighted by atomic mass is 19.1. The third-order valence-electron chi connectivity index (χ3n) is 6.93. The molecule has 1 aromatic carbocycles. The van der Waals surface area contributed by atoms with Crippen LogP contribution in [-0.4, -0.2) is 20.5 Å². The van der Waals surface area contributed by atoms with Crippen LogP contribution in [0.2, 0.25) is 0 Å². The predicted octanol–water partition coefficient (Wildman–Crippen LogP) is 4.91. The van der Waals surface area contributed by atoms with E-state index in [1.165, 1.54) is 17.7 Å². The van der Waals surface area contributed by atoms with Crippen LogP contribution in [0.15, 0.2) is 36.5 Å². The molecule has 28 heavy (non-hydrogen) atoms. The number of hydrogen-bond acceptors (Lipinski definition) is 3. The molecule has 2 atom stereocenters. The fourth-order valence-corrected chi connectivity index (χ4v) is 5.43. The van der Waals surface area contributed by atoms with E-state index in [4.69, 9.17) is 4.98 Å². The maximum atomic E-state index is 13.3. The van der Waals surface area contributed by atoms with Crippen molar-refractivity contribution in [3.63, 3.8) is 0 Å². The van der Waals surface area contributed by atoms with Crippen molar-refractivity contribution in [2.24, 2.45) is 5.92 Å². The van der Waals surface area contributed by atoms with E-state index in [9.17, 15) is 9.18 Å². The van der Waals surface area contributed by atoms with Crippen LogP contribution in [0, 0.1) is 11.7 Å². The van der Waals surface area contributed by atoms with E-state index in [2.05, 4.69) is 18.1 Å². The molecular formula is C23H24FN3O. The number of hydrogen-bond donors (Lipinski definition) is 0. The monoisotopic (exact) mass is 377 g/mol. The fourth-order valence-electron chi connectivity index (χ4n) is 5.43. The van der Waals surface area contributed by atoms with Crippen molar-refractivity contribution in [1.82, 2.24) is 14.8 Å². The summed E-state index contributed by atoms with van der Waals surface area (Å²) in [6, 6.07) is 8.61. The van der Waals surface area contributed by atoms with Crippen LogP contribution in [0.4, 0.5) is 4.39 Å². The SMILES string of the molecule is CC[C@@]12CCC(=O)C[C@H]1CCCc1nc3c(cnn3-c3ccc(F)cc3)cc12. The Morgan fingerprint density at radius 3 is 2.86 bits per heavy atom. The van der Waals surface area contributed by atoms with Gasteiger partial charge in [0.05, 0.1) is 11.9 Å². The molecule has 2 aromatic heterocycles. The van der Waals surface area contributed by atoms with E-state index in [0.29, 0.717) is 24.5 Å². The zero-order valence-electron chi connectivity index (χ0n) is 16.1. The van der Waals surface area contributed by atoms with E-state index in [1.54, 1.807) is 16.8 Å². The van der Waals surface area contributed by atoms with Gasteiger partial charge in [0.25, 0.3) is 0 Å². The third-order valence-corrected chi connectivity index (χ3v) is 6.93. The molecule has 2 aliphatic carbocycles. The number of nitrogens with zero attached hydrogens (tertiary/aromatic N) is 3. The summed E-state index contributed by atoms with van der Waals surface area (Å²) in [5, 5.41) is 5.54.